The lowest BCUT2D eigenvalue weighted by Gasteiger charge is -2.03. The van der Waals surface area contributed by atoms with E-state index >= 15 is 0 Å². The molecule has 3 aromatic heterocycles. The highest BCUT2D eigenvalue weighted by Gasteiger charge is 2.23. The fraction of sp³-hybridized carbons (Fsp3) is 0.158. The van der Waals surface area contributed by atoms with E-state index in [1.807, 2.05) is 36.4 Å². The summed E-state index contributed by atoms with van der Waals surface area (Å²) in [5.41, 5.74) is 4.46. The number of carbonyl (C=O) groups is 1. The van der Waals surface area contributed by atoms with Crippen molar-refractivity contribution in [2.24, 2.45) is 0 Å². The average Bonchev–Trinajstić information content (AvgIpc) is 3.21. The van der Waals surface area contributed by atoms with Crippen LogP contribution in [-0.2, 0) is 0 Å². The first-order valence-electron chi connectivity index (χ1n) is 8.44. The fourth-order valence-corrected chi connectivity index (χ4v) is 3.75. The number of rotatable bonds is 4. The van der Waals surface area contributed by atoms with Crippen LogP contribution in [0, 0.1) is 0 Å². The van der Waals surface area contributed by atoms with Crippen molar-refractivity contribution in [3.63, 3.8) is 0 Å². The van der Waals surface area contributed by atoms with Crippen molar-refractivity contribution in [3.05, 3.63) is 59.9 Å². The van der Waals surface area contributed by atoms with Crippen LogP contribution in [0.4, 0.5) is 5.13 Å². The number of thiazole rings is 1. The highest BCUT2D eigenvalue weighted by molar-refractivity contribution is 7.22. The predicted octanol–water partition coefficient (Wildman–Crippen LogP) is 4.21. The van der Waals surface area contributed by atoms with Crippen LogP contribution in [-0.4, -0.2) is 26.1 Å². The monoisotopic (exact) mass is 361 g/mol. The quantitative estimate of drug-likeness (QED) is 0.570. The second-order valence-corrected chi connectivity index (χ2v) is 7.35. The fourth-order valence-electron chi connectivity index (χ4n) is 2.91. The van der Waals surface area contributed by atoms with E-state index in [-0.39, 0.29) is 5.91 Å². The summed E-state index contributed by atoms with van der Waals surface area (Å²) in [5.74, 6) is 0.535. The highest BCUT2D eigenvalue weighted by Crippen LogP contribution is 2.39. The number of benzene rings is 1. The average molecular weight is 361 g/mol. The van der Waals surface area contributed by atoms with Crippen molar-refractivity contribution in [2.45, 2.75) is 18.8 Å². The van der Waals surface area contributed by atoms with Crippen LogP contribution in [0.5, 0.6) is 0 Å². The summed E-state index contributed by atoms with van der Waals surface area (Å²) in [4.78, 5) is 22.3. The number of amides is 1. The topological polar surface area (TPSA) is 83.6 Å². The minimum absolute atomic E-state index is 0.151. The van der Waals surface area contributed by atoms with E-state index in [0.717, 1.165) is 21.6 Å². The molecule has 128 valence electrons. The highest BCUT2D eigenvalue weighted by atomic mass is 32.1. The van der Waals surface area contributed by atoms with E-state index in [1.165, 1.54) is 29.7 Å². The van der Waals surface area contributed by atoms with Crippen LogP contribution in [0.1, 0.15) is 34.7 Å². The molecule has 7 heteroatoms. The van der Waals surface area contributed by atoms with Gasteiger partial charge in [0, 0.05) is 17.3 Å². The van der Waals surface area contributed by atoms with Crippen LogP contribution in [0.25, 0.3) is 21.6 Å². The zero-order chi connectivity index (χ0) is 17.5. The zero-order valence-corrected chi connectivity index (χ0v) is 14.6. The molecule has 0 radical (unpaired) electrons. The molecule has 1 fully saturated rings. The number of carbonyl (C=O) groups excluding carboxylic acids is 1. The Morgan fingerprint density at radius 3 is 2.69 bits per heavy atom. The normalized spacial score (nSPS) is 13.8. The minimum Gasteiger partial charge on any atom is -0.298 e. The Morgan fingerprint density at radius 1 is 1.12 bits per heavy atom. The summed E-state index contributed by atoms with van der Waals surface area (Å²) < 4.78 is 0. The predicted molar refractivity (Wildman–Crippen MR) is 101 cm³/mol. The lowest BCUT2D eigenvalue weighted by molar-refractivity contribution is 0.102. The van der Waals surface area contributed by atoms with E-state index in [2.05, 4.69) is 25.5 Å². The first-order valence-corrected chi connectivity index (χ1v) is 9.26. The number of anilines is 1. The molecule has 26 heavy (non-hydrogen) atoms. The second kappa shape index (κ2) is 6.03. The van der Waals surface area contributed by atoms with E-state index < -0.39 is 0 Å². The van der Waals surface area contributed by atoms with Crippen molar-refractivity contribution in [1.29, 1.82) is 0 Å². The maximum absolute atomic E-state index is 12.5. The minimum atomic E-state index is -0.151. The number of nitrogens with zero attached hydrogens (tertiary/aromatic N) is 3. The molecule has 6 nitrogen and oxygen atoms in total. The third-order valence-corrected chi connectivity index (χ3v) is 5.37. The van der Waals surface area contributed by atoms with Gasteiger partial charge in [-0.25, -0.2) is 9.97 Å². The number of nitrogens with one attached hydrogen (secondary N) is 2. The van der Waals surface area contributed by atoms with E-state index in [9.17, 15) is 4.79 Å². The molecular weight excluding hydrogens is 346 g/mol. The van der Waals surface area contributed by atoms with Gasteiger partial charge in [-0.3, -0.25) is 15.2 Å². The Labute approximate surface area is 153 Å². The Bertz CT molecular complexity index is 1080. The van der Waals surface area contributed by atoms with Crippen LogP contribution >= 0.6 is 11.3 Å². The Balaban J connectivity index is 1.37. The molecule has 4 aromatic rings. The van der Waals surface area contributed by atoms with Gasteiger partial charge in [0.25, 0.3) is 5.91 Å². The van der Waals surface area contributed by atoms with Gasteiger partial charge in [0.1, 0.15) is 10.3 Å². The summed E-state index contributed by atoms with van der Waals surface area (Å²) in [6.07, 6.45) is 6.03. The first-order chi connectivity index (χ1) is 12.8. The summed E-state index contributed by atoms with van der Waals surface area (Å²) in [5, 5.41) is 10.1. The van der Waals surface area contributed by atoms with Crippen molar-refractivity contribution in [1.82, 2.24) is 20.2 Å². The summed E-state index contributed by atoms with van der Waals surface area (Å²) in [7, 11) is 0. The molecule has 0 bridgehead atoms. The van der Waals surface area contributed by atoms with Gasteiger partial charge in [-0.1, -0.05) is 23.5 Å². The van der Waals surface area contributed by atoms with Crippen LogP contribution in [0.15, 0.2) is 48.8 Å². The summed E-state index contributed by atoms with van der Waals surface area (Å²) in [6, 6.07) is 11.7. The van der Waals surface area contributed by atoms with Gasteiger partial charge in [-0.05, 0) is 48.6 Å². The molecule has 5 rings (SSSR count). The molecule has 1 saturated carbocycles. The Morgan fingerprint density at radius 2 is 1.96 bits per heavy atom. The molecular formula is C19H15N5OS. The molecule has 1 aliphatic carbocycles. The van der Waals surface area contributed by atoms with Gasteiger partial charge in [-0.2, -0.15) is 5.10 Å². The number of hydrogen-bond donors (Lipinski definition) is 2. The number of aromatic nitrogens is 4. The largest absolute Gasteiger partial charge is 0.298 e. The van der Waals surface area contributed by atoms with Crippen LogP contribution in [0.2, 0.25) is 0 Å². The smallest absolute Gasteiger partial charge is 0.257 e. The zero-order valence-electron chi connectivity index (χ0n) is 13.8. The Kier molecular flexibility index (Phi) is 3.53. The maximum atomic E-state index is 12.5. The van der Waals surface area contributed by atoms with Crippen LogP contribution < -0.4 is 5.32 Å². The summed E-state index contributed by atoms with van der Waals surface area (Å²) >= 11 is 1.36. The van der Waals surface area contributed by atoms with Gasteiger partial charge < -0.3 is 0 Å². The number of fused-ring (bicyclic) bond motifs is 1. The third kappa shape index (κ3) is 2.86. The maximum Gasteiger partial charge on any atom is 0.257 e. The number of pyridine rings is 1. The molecule has 0 atom stereocenters. The van der Waals surface area contributed by atoms with Gasteiger partial charge >= 0.3 is 0 Å². The van der Waals surface area contributed by atoms with Crippen molar-refractivity contribution in [3.8, 4) is 11.3 Å². The van der Waals surface area contributed by atoms with E-state index in [1.54, 1.807) is 12.4 Å². The third-order valence-electron chi connectivity index (χ3n) is 4.49. The molecule has 1 amide bonds. The number of aromatic amines is 1. The van der Waals surface area contributed by atoms with Crippen molar-refractivity contribution in [2.75, 3.05) is 5.32 Å². The van der Waals surface area contributed by atoms with Crippen molar-refractivity contribution >= 4 is 32.7 Å². The molecule has 2 N–H and O–H groups in total. The van der Waals surface area contributed by atoms with Gasteiger partial charge in [-0.15, -0.1) is 0 Å². The number of H-pyrrole nitrogens is 1. The SMILES string of the molecule is O=C(Nc1nc2ccc(-c3cn[nH]c3)nc2s1)c1ccc(C2CC2)cc1. The van der Waals surface area contributed by atoms with Gasteiger partial charge in [0.05, 0.1) is 11.9 Å². The Hall–Kier alpha value is -3.06. The number of hydrogen-bond acceptors (Lipinski definition) is 5. The van der Waals surface area contributed by atoms with Gasteiger partial charge in [0.2, 0.25) is 0 Å². The lowest BCUT2D eigenvalue weighted by atomic mass is 10.1. The van der Waals surface area contributed by atoms with E-state index in [4.69, 9.17) is 0 Å². The van der Waals surface area contributed by atoms with Crippen LogP contribution in [0.3, 0.4) is 0 Å². The van der Waals surface area contributed by atoms with Crippen molar-refractivity contribution < 1.29 is 4.79 Å². The second-order valence-electron chi connectivity index (χ2n) is 6.38. The standard InChI is InChI=1S/C19H15N5OS/c25-17(13-5-3-12(4-6-13)11-1-2-11)24-19-23-16-8-7-15(22-18(16)26-19)14-9-20-21-10-14/h3-11H,1-2H2,(H,20,21)(H,23,24,25). The molecule has 0 spiro atoms. The molecule has 1 aromatic carbocycles. The van der Waals surface area contributed by atoms with E-state index in [0.29, 0.717) is 16.6 Å². The molecule has 0 saturated heterocycles. The molecule has 3 heterocycles. The molecule has 1 aliphatic rings. The first kappa shape index (κ1) is 15.2. The summed E-state index contributed by atoms with van der Waals surface area (Å²) in [6.45, 7) is 0. The molecule has 0 aliphatic heterocycles. The van der Waals surface area contributed by atoms with Gasteiger partial charge in [0.15, 0.2) is 5.13 Å². The molecule has 0 unspecified atom stereocenters. The lowest BCUT2D eigenvalue weighted by Crippen LogP contribution is -2.11.